The van der Waals surface area contributed by atoms with Gasteiger partial charge in [0.05, 0.1) is 17.9 Å². The molecule has 0 aliphatic rings. The van der Waals surface area contributed by atoms with Gasteiger partial charge in [0, 0.05) is 30.6 Å². The third kappa shape index (κ3) is 7.90. The molecular formula is C20H30N2O5S. The van der Waals surface area contributed by atoms with Gasteiger partial charge >= 0.3 is 5.97 Å². The smallest absolute Gasteiger partial charge is 0.339 e. The minimum absolute atomic E-state index is 0.0191. The summed E-state index contributed by atoms with van der Waals surface area (Å²) in [5.74, 6) is -0.795. The van der Waals surface area contributed by atoms with Crippen LogP contribution < -0.4 is 5.32 Å². The van der Waals surface area contributed by atoms with Gasteiger partial charge in [0.2, 0.25) is 5.91 Å². The Kier molecular flexibility index (Phi) is 10.6. The highest BCUT2D eigenvalue weighted by atomic mass is 32.2. The normalized spacial score (nSPS) is 10.8. The van der Waals surface area contributed by atoms with Crippen molar-refractivity contribution in [3.05, 3.63) is 29.8 Å². The van der Waals surface area contributed by atoms with E-state index in [1.165, 1.54) is 11.8 Å². The van der Waals surface area contributed by atoms with Crippen LogP contribution in [0.1, 0.15) is 38.1 Å². The molecule has 0 aliphatic heterocycles. The van der Waals surface area contributed by atoms with Crippen LogP contribution in [0.15, 0.2) is 29.2 Å². The van der Waals surface area contributed by atoms with Crippen molar-refractivity contribution in [2.75, 3.05) is 32.6 Å². The summed E-state index contributed by atoms with van der Waals surface area (Å²) >= 11 is 1.24. The highest BCUT2D eigenvalue weighted by Gasteiger charge is 2.22. The summed E-state index contributed by atoms with van der Waals surface area (Å²) in [4.78, 5) is 39.0. The number of methoxy groups -OCH3 is 1. The highest BCUT2D eigenvalue weighted by Crippen LogP contribution is 2.23. The van der Waals surface area contributed by atoms with Crippen LogP contribution in [0.5, 0.6) is 0 Å². The summed E-state index contributed by atoms with van der Waals surface area (Å²) in [6.07, 6.45) is 0. The van der Waals surface area contributed by atoms with Crippen LogP contribution >= 0.6 is 11.8 Å². The predicted octanol–water partition coefficient (Wildman–Crippen LogP) is 2.34. The molecule has 1 N–H and O–H groups in total. The fraction of sp³-hybridized carbons (Fsp3) is 0.550. The molecule has 2 amide bonds. The van der Waals surface area contributed by atoms with E-state index in [1.54, 1.807) is 36.3 Å². The van der Waals surface area contributed by atoms with Crippen molar-refractivity contribution in [3.63, 3.8) is 0 Å². The van der Waals surface area contributed by atoms with E-state index >= 15 is 0 Å². The summed E-state index contributed by atoms with van der Waals surface area (Å²) in [6.45, 7) is 8.24. The van der Waals surface area contributed by atoms with E-state index in [0.29, 0.717) is 23.6 Å². The van der Waals surface area contributed by atoms with E-state index in [0.717, 1.165) is 0 Å². The molecule has 0 unspecified atom stereocenters. The minimum atomic E-state index is -0.580. The molecule has 1 aromatic carbocycles. The van der Waals surface area contributed by atoms with Crippen LogP contribution in [0.2, 0.25) is 0 Å². The van der Waals surface area contributed by atoms with Gasteiger partial charge in [-0.05, 0) is 39.8 Å². The Hall–Kier alpha value is -2.06. The lowest BCUT2D eigenvalue weighted by Gasteiger charge is -2.30. The fourth-order valence-electron chi connectivity index (χ4n) is 2.70. The largest absolute Gasteiger partial charge is 0.452 e. The van der Waals surface area contributed by atoms with Gasteiger partial charge in [-0.15, -0.1) is 11.8 Å². The quantitative estimate of drug-likeness (QED) is 0.342. The molecule has 156 valence electrons. The number of carbonyl (C=O) groups excluding carboxylic acids is 3. The molecule has 0 fully saturated rings. The zero-order valence-electron chi connectivity index (χ0n) is 17.2. The number of esters is 1. The molecule has 0 aromatic heterocycles. The third-order valence-corrected chi connectivity index (χ3v) is 4.90. The van der Waals surface area contributed by atoms with E-state index in [-0.39, 0.29) is 36.3 Å². The van der Waals surface area contributed by atoms with Crippen molar-refractivity contribution < 1.29 is 23.9 Å². The van der Waals surface area contributed by atoms with E-state index in [2.05, 4.69) is 5.32 Å². The van der Waals surface area contributed by atoms with Crippen molar-refractivity contribution in [3.8, 4) is 0 Å². The SMILES string of the molecule is COCCNC(=O)CSc1ccccc1C(=O)OCC(=O)N(C(C)C)C(C)C. The standard InChI is InChI=1S/C20H30N2O5S/c1-14(2)22(15(3)4)19(24)12-27-20(25)16-8-6-7-9-17(16)28-13-18(23)21-10-11-26-5/h6-9,14-15H,10-13H2,1-5H3,(H,21,23). The van der Waals surface area contributed by atoms with Gasteiger partial charge < -0.3 is 19.7 Å². The van der Waals surface area contributed by atoms with Gasteiger partial charge in [0.15, 0.2) is 6.61 Å². The Bertz CT molecular complexity index is 656. The number of amides is 2. The average molecular weight is 411 g/mol. The first-order valence-electron chi connectivity index (χ1n) is 9.23. The molecule has 0 atom stereocenters. The number of ether oxygens (including phenoxy) is 2. The maximum Gasteiger partial charge on any atom is 0.339 e. The fourth-order valence-corrected chi connectivity index (χ4v) is 3.57. The number of hydrogen-bond donors (Lipinski definition) is 1. The number of nitrogens with zero attached hydrogens (tertiary/aromatic N) is 1. The molecule has 1 aromatic rings. The first-order chi connectivity index (χ1) is 13.3. The zero-order chi connectivity index (χ0) is 21.1. The summed E-state index contributed by atoms with van der Waals surface area (Å²) in [5.41, 5.74) is 0.339. The Morgan fingerprint density at radius 3 is 2.36 bits per heavy atom. The second kappa shape index (κ2) is 12.4. The molecular weight excluding hydrogens is 380 g/mol. The number of rotatable bonds is 11. The maximum atomic E-state index is 12.5. The van der Waals surface area contributed by atoms with Crippen LogP contribution in [0.3, 0.4) is 0 Å². The Morgan fingerprint density at radius 1 is 1.11 bits per heavy atom. The molecule has 28 heavy (non-hydrogen) atoms. The molecule has 0 saturated carbocycles. The van der Waals surface area contributed by atoms with Crippen LogP contribution in [-0.2, 0) is 19.1 Å². The van der Waals surface area contributed by atoms with E-state index in [9.17, 15) is 14.4 Å². The van der Waals surface area contributed by atoms with Gasteiger partial charge in [-0.3, -0.25) is 9.59 Å². The van der Waals surface area contributed by atoms with Gasteiger partial charge in [0.1, 0.15) is 0 Å². The summed E-state index contributed by atoms with van der Waals surface area (Å²) in [5, 5.41) is 2.73. The van der Waals surface area contributed by atoms with Gasteiger partial charge in [0.25, 0.3) is 5.91 Å². The van der Waals surface area contributed by atoms with E-state index < -0.39 is 5.97 Å². The molecule has 8 heteroatoms. The minimum Gasteiger partial charge on any atom is -0.452 e. The summed E-state index contributed by atoms with van der Waals surface area (Å²) in [7, 11) is 1.56. The molecule has 0 saturated heterocycles. The van der Waals surface area contributed by atoms with Gasteiger partial charge in [-0.2, -0.15) is 0 Å². The van der Waals surface area contributed by atoms with Gasteiger partial charge in [-0.1, -0.05) is 12.1 Å². The monoisotopic (exact) mass is 410 g/mol. The first-order valence-corrected chi connectivity index (χ1v) is 10.2. The van der Waals surface area contributed by atoms with E-state index in [4.69, 9.17) is 9.47 Å². The highest BCUT2D eigenvalue weighted by molar-refractivity contribution is 8.00. The molecule has 0 bridgehead atoms. The molecule has 0 spiro atoms. The molecule has 0 heterocycles. The summed E-state index contributed by atoms with van der Waals surface area (Å²) in [6, 6.07) is 6.92. The van der Waals surface area contributed by atoms with Gasteiger partial charge in [-0.25, -0.2) is 4.79 Å². The molecule has 1 rings (SSSR count). The number of nitrogens with one attached hydrogen (secondary N) is 1. The van der Waals surface area contributed by atoms with Crippen molar-refractivity contribution in [1.29, 1.82) is 0 Å². The average Bonchev–Trinajstić information content (AvgIpc) is 2.64. The number of hydrogen-bond acceptors (Lipinski definition) is 6. The van der Waals surface area contributed by atoms with Crippen molar-refractivity contribution in [2.24, 2.45) is 0 Å². The van der Waals surface area contributed by atoms with Crippen molar-refractivity contribution in [1.82, 2.24) is 10.2 Å². The summed E-state index contributed by atoms with van der Waals surface area (Å²) < 4.78 is 10.1. The maximum absolute atomic E-state index is 12.5. The van der Waals surface area contributed by atoms with Crippen molar-refractivity contribution >= 4 is 29.5 Å². The van der Waals surface area contributed by atoms with Crippen LogP contribution in [0.4, 0.5) is 0 Å². The van der Waals surface area contributed by atoms with Crippen LogP contribution in [0, 0.1) is 0 Å². The molecule has 7 nitrogen and oxygen atoms in total. The second-order valence-corrected chi connectivity index (χ2v) is 7.71. The zero-order valence-corrected chi connectivity index (χ0v) is 18.0. The number of benzene rings is 1. The van der Waals surface area contributed by atoms with Crippen LogP contribution in [0.25, 0.3) is 0 Å². The Labute approximate surface area is 171 Å². The lowest BCUT2D eigenvalue weighted by atomic mass is 10.2. The molecule has 0 radical (unpaired) electrons. The van der Waals surface area contributed by atoms with Crippen LogP contribution in [-0.4, -0.2) is 67.4 Å². The topological polar surface area (TPSA) is 84.9 Å². The number of carbonyl (C=O) groups is 3. The Morgan fingerprint density at radius 2 is 1.75 bits per heavy atom. The first kappa shape index (κ1) is 24.0. The third-order valence-electron chi connectivity index (χ3n) is 3.82. The van der Waals surface area contributed by atoms with Crippen molar-refractivity contribution in [2.45, 2.75) is 44.7 Å². The lowest BCUT2D eigenvalue weighted by Crippen LogP contribution is -2.44. The lowest BCUT2D eigenvalue weighted by molar-refractivity contribution is -0.138. The van der Waals surface area contributed by atoms with E-state index in [1.807, 2.05) is 27.7 Å². The second-order valence-electron chi connectivity index (χ2n) is 6.69. The molecule has 0 aliphatic carbocycles. The Balaban J connectivity index is 2.66. The predicted molar refractivity (Wildman–Crippen MR) is 109 cm³/mol. The number of thioether (sulfide) groups is 1.